The highest BCUT2D eigenvalue weighted by molar-refractivity contribution is 5.58. The number of benzene rings is 1. The maximum Gasteiger partial charge on any atom is 0.0951 e. The minimum absolute atomic E-state index is 0.527. The molecule has 0 radical (unpaired) electrons. The van der Waals surface area contributed by atoms with Gasteiger partial charge >= 0.3 is 0 Å². The zero-order valence-corrected chi connectivity index (χ0v) is 10.4. The van der Waals surface area contributed by atoms with Crippen molar-refractivity contribution in [1.82, 2.24) is 14.9 Å². The average Bonchev–Trinajstić information content (AvgIpc) is 2.78. The van der Waals surface area contributed by atoms with E-state index in [9.17, 15) is 0 Å². The summed E-state index contributed by atoms with van der Waals surface area (Å²) in [7, 11) is 0. The van der Waals surface area contributed by atoms with E-state index in [2.05, 4.69) is 53.0 Å². The Balaban J connectivity index is 2.07. The van der Waals surface area contributed by atoms with E-state index in [0.717, 1.165) is 13.1 Å². The fourth-order valence-electron chi connectivity index (χ4n) is 1.82. The van der Waals surface area contributed by atoms with Crippen LogP contribution in [0, 0.1) is 0 Å². The second-order valence-electron chi connectivity index (χ2n) is 4.45. The summed E-state index contributed by atoms with van der Waals surface area (Å²) in [5.41, 5.74) is 2.39. The molecule has 0 unspecified atom stereocenters. The van der Waals surface area contributed by atoms with Gasteiger partial charge in [0.2, 0.25) is 0 Å². The van der Waals surface area contributed by atoms with Crippen LogP contribution in [0.25, 0.3) is 11.3 Å². The first-order valence-electron chi connectivity index (χ1n) is 6.06. The van der Waals surface area contributed by atoms with E-state index in [-0.39, 0.29) is 0 Å². The third-order valence-corrected chi connectivity index (χ3v) is 2.69. The number of imidazole rings is 1. The molecule has 1 aromatic carbocycles. The quantitative estimate of drug-likeness (QED) is 0.854. The predicted octanol–water partition coefficient (Wildman–Crippen LogP) is 2.55. The van der Waals surface area contributed by atoms with Crippen molar-refractivity contribution in [3.63, 3.8) is 0 Å². The lowest BCUT2D eigenvalue weighted by atomic mass is 10.2. The molecule has 3 heteroatoms. The Labute approximate surface area is 103 Å². The summed E-state index contributed by atoms with van der Waals surface area (Å²) in [4.78, 5) is 4.23. The van der Waals surface area contributed by atoms with Gasteiger partial charge < -0.3 is 9.88 Å². The Kier molecular flexibility index (Phi) is 3.94. The third kappa shape index (κ3) is 3.17. The third-order valence-electron chi connectivity index (χ3n) is 2.69. The Bertz CT molecular complexity index is 446. The van der Waals surface area contributed by atoms with Gasteiger partial charge in [0.25, 0.3) is 0 Å². The van der Waals surface area contributed by atoms with E-state index in [1.165, 1.54) is 11.3 Å². The molecular formula is C14H19N3. The summed E-state index contributed by atoms with van der Waals surface area (Å²) in [5, 5.41) is 3.41. The van der Waals surface area contributed by atoms with Crippen molar-refractivity contribution in [3.05, 3.63) is 42.9 Å². The highest BCUT2D eigenvalue weighted by atomic mass is 15.1. The number of hydrogen-bond donors (Lipinski definition) is 1. The first-order valence-corrected chi connectivity index (χ1v) is 6.06. The van der Waals surface area contributed by atoms with Crippen molar-refractivity contribution < 1.29 is 0 Å². The van der Waals surface area contributed by atoms with Gasteiger partial charge in [0, 0.05) is 19.1 Å². The normalized spacial score (nSPS) is 11.0. The van der Waals surface area contributed by atoms with Crippen molar-refractivity contribution in [2.45, 2.75) is 26.4 Å². The van der Waals surface area contributed by atoms with E-state index in [4.69, 9.17) is 0 Å². The lowest BCUT2D eigenvalue weighted by molar-refractivity contribution is 0.543. The molecule has 0 atom stereocenters. The van der Waals surface area contributed by atoms with E-state index in [1.54, 1.807) is 0 Å². The molecule has 0 aliphatic carbocycles. The van der Waals surface area contributed by atoms with E-state index in [1.807, 2.05) is 18.6 Å². The highest BCUT2D eigenvalue weighted by Crippen LogP contribution is 2.17. The minimum atomic E-state index is 0.527. The topological polar surface area (TPSA) is 29.9 Å². The molecule has 0 amide bonds. The molecule has 3 nitrogen and oxygen atoms in total. The van der Waals surface area contributed by atoms with Gasteiger partial charge in [-0.25, -0.2) is 4.98 Å². The van der Waals surface area contributed by atoms with E-state index >= 15 is 0 Å². The van der Waals surface area contributed by atoms with Crippen molar-refractivity contribution in [2.75, 3.05) is 6.54 Å². The van der Waals surface area contributed by atoms with Crippen LogP contribution in [0.2, 0.25) is 0 Å². The monoisotopic (exact) mass is 229 g/mol. The van der Waals surface area contributed by atoms with Gasteiger partial charge in [0.1, 0.15) is 0 Å². The molecule has 17 heavy (non-hydrogen) atoms. The minimum Gasteiger partial charge on any atom is -0.329 e. The molecule has 0 aliphatic heterocycles. The van der Waals surface area contributed by atoms with Crippen molar-refractivity contribution in [3.8, 4) is 11.3 Å². The van der Waals surface area contributed by atoms with Crippen LogP contribution >= 0.6 is 0 Å². The first-order chi connectivity index (χ1) is 8.27. The average molecular weight is 229 g/mol. The predicted molar refractivity (Wildman–Crippen MR) is 70.8 cm³/mol. The molecule has 0 bridgehead atoms. The van der Waals surface area contributed by atoms with Crippen LogP contribution in [0.3, 0.4) is 0 Å². The highest BCUT2D eigenvalue weighted by Gasteiger charge is 2.03. The molecule has 0 saturated carbocycles. The van der Waals surface area contributed by atoms with E-state index in [0.29, 0.717) is 6.04 Å². The SMILES string of the molecule is CC(C)NCCn1cncc1-c1ccccc1. The van der Waals surface area contributed by atoms with Crippen LogP contribution in [0.15, 0.2) is 42.9 Å². The fourth-order valence-corrected chi connectivity index (χ4v) is 1.82. The van der Waals surface area contributed by atoms with Crippen LogP contribution in [-0.2, 0) is 6.54 Å². The Morgan fingerprint density at radius 2 is 2.00 bits per heavy atom. The first kappa shape index (κ1) is 11.9. The number of rotatable bonds is 5. The van der Waals surface area contributed by atoms with Gasteiger partial charge in [0.05, 0.1) is 18.2 Å². The second kappa shape index (κ2) is 5.64. The zero-order valence-electron chi connectivity index (χ0n) is 10.4. The summed E-state index contributed by atoms with van der Waals surface area (Å²) in [6.07, 6.45) is 3.81. The molecule has 0 saturated heterocycles. The summed E-state index contributed by atoms with van der Waals surface area (Å²) in [6, 6.07) is 10.9. The standard InChI is InChI=1S/C14H19N3/c1-12(2)16-8-9-17-11-15-10-14(17)13-6-4-3-5-7-13/h3-7,10-12,16H,8-9H2,1-2H3. The van der Waals surface area contributed by atoms with Crippen LogP contribution in [-0.4, -0.2) is 22.1 Å². The van der Waals surface area contributed by atoms with Crippen molar-refractivity contribution >= 4 is 0 Å². The maximum absolute atomic E-state index is 4.23. The smallest absolute Gasteiger partial charge is 0.0951 e. The van der Waals surface area contributed by atoms with Gasteiger partial charge in [0.15, 0.2) is 0 Å². The van der Waals surface area contributed by atoms with Crippen LogP contribution in [0.1, 0.15) is 13.8 Å². The van der Waals surface area contributed by atoms with Gasteiger partial charge in [-0.05, 0) is 5.56 Å². The largest absolute Gasteiger partial charge is 0.329 e. The number of aromatic nitrogens is 2. The fraction of sp³-hybridized carbons (Fsp3) is 0.357. The molecule has 90 valence electrons. The molecule has 2 aromatic rings. The van der Waals surface area contributed by atoms with Crippen LogP contribution < -0.4 is 5.32 Å². The maximum atomic E-state index is 4.23. The lowest BCUT2D eigenvalue weighted by Gasteiger charge is -2.11. The number of nitrogens with zero attached hydrogens (tertiary/aromatic N) is 2. The summed E-state index contributed by atoms with van der Waals surface area (Å²) < 4.78 is 2.19. The molecule has 2 rings (SSSR count). The van der Waals surface area contributed by atoms with Gasteiger partial charge in [-0.3, -0.25) is 0 Å². The van der Waals surface area contributed by atoms with Gasteiger partial charge in [-0.1, -0.05) is 44.2 Å². The van der Waals surface area contributed by atoms with Crippen LogP contribution in [0.4, 0.5) is 0 Å². The molecule has 0 fully saturated rings. The molecule has 1 N–H and O–H groups in total. The van der Waals surface area contributed by atoms with Gasteiger partial charge in [-0.15, -0.1) is 0 Å². The Morgan fingerprint density at radius 1 is 1.24 bits per heavy atom. The molecule has 0 aliphatic rings. The number of nitrogens with one attached hydrogen (secondary N) is 1. The lowest BCUT2D eigenvalue weighted by Crippen LogP contribution is -2.26. The van der Waals surface area contributed by atoms with Gasteiger partial charge in [-0.2, -0.15) is 0 Å². The summed E-state index contributed by atoms with van der Waals surface area (Å²) in [6.45, 7) is 6.23. The number of hydrogen-bond acceptors (Lipinski definition) is 2. The van der Waals surface area contributed by atoms with E-state index < -0.39 is 0 Å². The summed E-state index contributed by atoms with van der Waals surface area (Å²) in [5.74, 6) is 0. The second-order valence-corrected chi connectivity index (χ2v) is 4.45. The molecule has 1 aromatic heterocycles. The molecule has 0 spiro atoms. The van der Waals surface area contributed by atoms with Crippen molar-refractivity contribution in [1.29, 1.82) is 0 Å². The Hall–Kier alpha value is -1.61. The Morgan fingerprint density at radius 3 is 2.71 bits per heavy atom. The van der Waals surface area contributed by atoms with Crippen molar-refractivity contribution in [2.24, 2.45) is 0 Å². The molecular weight excluding hydrogens is 210 g/mol. The van der Waals surface area contributed by atoms with Crippen LogP contribution in [0.5, 0.6) is 0 Å². The zero-order chi connectivity index (χ0) is 12.1. The summed E-state index contributed by atoms with van der Waals surface area (Å²) >= 11 is 0. The molecule has 1 heterocycles.